The van der Waals surface area contributed by atoms with Crippen LogP contribution in [-0.4, -0.2) is 31.6 Å². The molecule has 4 aromatic carbocycles. The summed E-state index contributed by atoms with van der Waals surface area (Å²) in [5.41, 5.74) is 1.45. The summed E-state index contributed by atoms with van der Waals surface area (Å²) in [4.78, 5) is 39.4. The number of nitrogens with one attached hydrogen (secondary N) is 1. The summed E-state index contributed by atoms with van der Waals surface area (Å²) in [5.74, 6) is -0.336. The minimum Gasteiger partial charge on any atom is -0.497 e. The fourth-order valence-corrected chi connectivity index (χ4v) is 4.71. The van der Waals surface area contributed by atoms with Gasteiger partial charge in [0.25, 0.3) is 11.8 Å². The summed E-state index contributed by atoms with van der Waals surface area (Å²) < 4.78 is 17.1. The Kier molecular flexibility index (Phi) is 7.70. The summed E-state index contributed by atoms with van der Waals surface area (Å²) in [7, 11) is 1.51. The van der Waals surface area contributed by atoms with Crippen molar-refractivity contribution in [2.45, 2.75) is 13.5 Å². The molecule has 1 N–H and O–H groups in total. The monoisotopic (exact) mass is 556 g/mol. The molecule has 0 saturated carbocycles. The Labute approximate surface area is 235 Å². The van der Waals surface area contributed by atoms with E-state index in [9.17, 15) is 14.4 Å². The number of amides is 4. The van der Waals surface area contributed by atoms with E-state index in [1.807, 2.05) is 49.4 Å². The van der Waals surface area contributed by atoms with E-state index in [4.69, 9.17) is 25.8 Å². The normalized spacial score (nSPS) is 14.4. The van der Waals surface area contributed by atoms with Crippen molar-refractivity contribution in [1.29, 1.82) is 0 Å². The van der Waals surface area contributed by atoms with Gasteiger partial charge in [0.05, 0.1) is 24.4 Å². The van der Waals surface area contributed by atoms with E-state index in [0.29, 0.717) is 29.4 Å². The van der Waals surface area contributed by atoms with Crippen LogP contribution >= 0.6 is 11.6 Å². The van der Waals surface area contributed by atoms with Gasteiger partial charge in [-0.25, -0.2) is 9.69 Å². The van der Waals surface area contributed by atoms with Crippen molar-refractivity contribution < 1.29 is 28.6 Å². The number of urea groups is 1. The van der Waals surface area contributed by atoms with Crippen LogP contribution in [0.3, 0.4) is 0 Å². The third-order valence-corrected chi connectivity index (χ3v) is 6.61. The van der Waals surface area contributed by atoms with Crippen LogP contribution < -0.4 is 24.4 Å². The van der Waals surface area contributed by atoms with Gasteiger partial charge >= 0.3 is 6.03 Å². The molecule has 9 heteroatoms. The number of fused-ring (bicyclic) bond motifs is 1. The maximum atomic E-state index is 13.3. The van der Waals surface area contributed by atoms with Gasteiger partial charge in [-0.1, -0.05) is 54.1 Å². The largest absolute Gasteiger partial charge is 0.497 e. The van der Waals surface area contributed by atoms with E-state index >= 15 is 0 Å². The first-order valence-corrected chi connectivity index (χ1v) is 12.9. The van der Waals surface area contributed by atoms with E-state index < -0.39 is 17.8 Å². The fourth-order valence-electron chi connectivity index (χ4n) is 4.43. The van der Waals surface area contributed by atoms with Gasteiger partial charge in [0.2, 0.25) is 0 Å². The van der Waals surface area contributed by atoms with Crippen molar-refractivity contribution in [2.24, 2.45) is 0 Å². The Bertz CT molecular complexity index is 1640. The van der Waals surface area contributed by atoms with E-state index in [0.717, 1.165) is 21.2 Å². The van der Waals surface area contributed by atoms with Gasteiger partial charge in [-0.15, -0.1) is 0 Å². The van der Waals surface area contributed by atoms with Crippen molar-refractivity contribution in [2.75, 3.05) is 18.6 Å². The number of hydrogen-bond acceptors (Lipinski definition) is 6. The van der Waals surface area contributed by atoms with Crippen molar-refractivity contribution in [3.8, 4) is 17.2 Å². The lowest BCUT2D eigenvalue weighted by molar-refractivity contribution is -0.122. The maximum Gasteiger partial charge on any atom is 0.335 e. The standard InChI is InChI=1S/C31H25ClN2O6/c1-3-39-27-17-19(16-26(32)28(27)40-18-21-9-6-8-20-7-4-5-10-24(20)21)15-25-29(35)33-31(37)34(30(25)36)22-11-13-23(38-2)14-12-22/h4-17H,3,18H2,1-2H3,(H,33,35,37). The van der Waals surface area contributed by atoms with Gasteiger partial charge in [-0.3, -0.25) is 14.9 Å². The van der Waals surface area contributed by atoms with Gasteiger partial charge in [0.15, 0.2) is 11.5 Å². The average molecular weight is 557 g/mol. The first kappa shape index (κ1) is 26.8. The van der Waals surface area contributed by atoms with Crippen LogP contribution in [-0.2, 0) is 16.2 Å². The Balaban J connectivity index is 1.45. The molecule has 0 aromatic heterocycles. The Morgan fingerprint density at radius 3 is 2.42 bits per heavy atom. The zero-order valence-electron chi connectivity index (χ0n) is 21.8. The van der Waals surface area contributed by atoms with Gasteiger partial charge < -0.3 is 14.2 Å². The van der Waals surface area contributed by atoms with Crippen LogP contribution in [0.4, 0.5) is 10.5 Å². The molecule has 1 saturated heterocycles. The number of anilines is 1. The quantitative estimate of drug-likeness (QED) is 0.207. The second-order valence-corrected chi connectivity index (χ2v) is 9.25. The van der Waals surface area contributed by atoms with Crippen LogP contribution in [0.25, 0.3) is 16.8 Å². The summed E-state index contributed by atoms with van der Waals surface area (Å²) in [6.45, 7) is 2.41. The van der Waals surface area contributed by atoms with Crippen LogP contribution in [0.1, 0.15) is 18.1 Å². The maximum absolute atomic E-state index is 13.3. The second-order valence-electron chi connectivity index (χ2n) is 8.85. The molecular formula is C31H25ClN2O6. The van der Waals surface area contributed by atoms with E-state index in [-0.39, 0.29) is 22.9 Å². The molecule has 1 aliphatic rings. The van der Waals surface area contributed by atoms with Crippen LogP contribution in [0.2, 0.25) is 5.02 Å². The Morgan fingerprint density at radius 2 is 1.68 bits per heavy atom. The number of carbonyl (C=O) groups excluding carboxylic acids is 3. The summed E-state index contributed by atoms with van der Waals surface area (Å²) >= 11 is 6.63. The molecule has 40 heavy (non-hydrogen) atoms. The minimum atomic E-state index is -0.845. The zero-order chi connectivity index (χ0) is 28.2. The third kappa shape index (κ3) is 5.34. The highest BCUT2D eigenvalue weighted by Gasteiger charge is 2.37. The number of carbonyl (C=O) groups is 3. The molecule has 5 rings (SSSR count). The first-order valence-electron chi connectivity index (χ1n) is 12.5. The molecule has 1 aliphatic heterocycles. The van der Waals surface area contributed by atoms with Crippen molar-refractivity contribution in [3.05, 3.63) is 101 Å². The van der Waals surface area contributed by atoms with Gasteiger partial charge in [0, 0.05) is 0 Å². The Morgan fingerprint density at radius 1 is 0.925 bits per heavy atom. The lowest BCUT2D eigenvalue weighted by Crippen LogP contribution is -2.54. The summed E-state index contributed by atoms with van der Waals surface area (Å²) in [6.07, 6.45) is 1.36. The summed E-state index contributed by atoms with van der Waals surface area (Å²) in [5, 5.41) is 4.62. The molecule has 4 aromatic rings. The number of imide groups is 2. The number of barbiturate groups is 1. The number of benzene rings is 4. The van der Waals surface area contributed by atoms with E-state index in [1.54, 1.807) is 36.4 Å². The lowest BCUT2D eigenvalue weighted by atomic mass is 10.1. The predicted octanol–water partition coefficient (Wildman–Crippen LogP) is 6.15. The van der Waals surface area contributed by atoms with Crippen LogP contribution in [0, 0.1) is 0 Å². The smallest absolute Gasteiger partial charge is 0.335 e. The topological polar surface area (TPSA) is 94.2 Å². The molecule has 0 unspecified atom stereocenters. The number of hydrogen-bond donors (Lipinski definition) is 1. The highest BCUT2D eigenvalue weighted by atomic mass is 35.5. The molecule has 8 nitrogen and oxygen atoms in total. The third-order valence-electron chi connectivity index (χ3n) is 6.33. The molecule has 0 bridgehead atoms. The van der Waals surface area contributed by atoms with Crippen molar-refractivity contribution in [1.82, 2.24) is 5.32 Å². The van der Waals surface area contributed by atoms with Crippen LogP contribution in [0.5, 0.6) is 17.2 Å². The van der Waals surface area contributed by atoms with Crippen molar-refractivity contribution >= 4 is 52.0 Å². The van der Waals surface area contributed by atoms with E-state index in [2.05, 4.69) is 5.32 Å². The molecule has 0 spiro atoms. The molecule has 4 amide bonds. The number of halogens is 1. The number of methoxy groups -OCH3 is 1. The predicted molar refractivity (Wildman–Crippen MR) is 153 cm³/mol. The van der Waals surface area contributed by atoms with Crippen LogP contribution in [0.15, 0.2) is 84.4 Å². The number of ether oxygens (including phenoxy) is 3. The molecular weight excluding hydrogens is 532 g/mol. The number of rotatable bonds is 8. The molecule has 202 valence electrons. The molecule has 0 atom stereocenters. The molecule has 0 radical (unpaired) electrons. The number of nitrogens with zero attached hydrogens (tertiary/aromatic N) is 1. The second kappa shape index (κ2) is 11.5. The highest BCUT2D eigenvalue weighted by Crippen LogP contribution is 2.38. The van der Waals surface area contributed by atoms with Gasteiger partial charge in [-0.2, -0.15) is 0 Å². The van der Waals surface area contributed by atoms with Gasteiger partial charge in [0.1, 0.15) is 17.9 Å². The average Bonchev–Trinajstić information content (AvgIpc) is 2.95. The molecule has 0 aliphatic carbocycles. The zero-order valence-corrected chi connectivity index (χ0v) is 22.5. The van der Waals surface area contributed by atoms with E-state index in [1.165, 1.54) is 13.2 Å². The molecule has 1 fully saturated rings. The molecule has 1 heterocycles. The van der Waals surface area contributed by atoms with Gasteiger partial charge in [-0.05, 0) is 71.3 Å². The van der Waals surface area contributed by atoms with Crippen molar-refractivity contribution in [3.63, 3.8) is 0 Å². The minimum absolute atomic E-state index is 0.238. The lowest BCUT2D eigenvalue weighted by Gasteiger charge is -2.26. The SMILES string of the molecule is CCOc1cc(C=C2C(=O)NC(=O)N(c3ccc(OC)cc3)C2=O)cc(Cl)c1OCc1cccc2ccccc12. The highest BCUT2D eigenvalue weighted by molar-refractivity contribution is 6.39. The first-order chi connectivity index (χ1) is 19.4. The summed E-state index contributed by atoms with van der Waals surface area (Å²) in [6, 6.07) is 22.7. The Hall–Kier alpha value is -4.82. The fraction of sp³-hybridized carbons (Fsp3) is 0.129.